The van der Waals surface area contributed by atoms with Crippen molar-refractivity contribution in [1.29, 1.82) is 0 Å². The number of allylic oxidation sites excluding steroid dienone is 5. The molecule has 204 valence electrons. The Hall–Kier alpha value is -3.71. The number of aromatic carboxylic acids is 2. The predicted molar refractivity (Wildman–Crippen MR) is 157 cm³/mol. The highest BCUT2D eigenvalue weighted by Crippen LogP contribution is 2.48. The molecule has 0 aromatic heterocycles. The maximum absolute atomic E-state index is 12.5. The standard InChI is InChI=1S/C33H34N2O4Si/c1-21-17-28(33(38)39)27(20-26(21)32(36)37)31-24-9-7-22(34-11-5-12-34)18-29(24)40(15-3-2-4-16-40)30-19-23(8-10-25(30)31)35-13-6-14-35/h7-10,17-20H,2-6,11-16H2,1H3,(H-,36,37,38,39). The molecule has 40 heavy (non-hydrogen) atoms. The van der Waals surface area contributed by atoms with Gasteiger partial charge in [0.1, 0.15) is 21.2 Å². The van der Waals surface area contributed by atoms with Crippen LogP contribution in [0, 0.1) is 6.92 Å². The molecule has 0 bridgehead atoms. The minimum Gasteiger partial charge on any atom is -0.545 e. The molecule has 3 saturated heterocycles. The second-order valence-corrected chi connectivity index (χ2v) is 16.2. The van der Waals surface area contributed by atoms with Crippen LogP contribution in [0.3, 0.4) is 0 Å². The van der Waals surface area contributed by atoms with Crippen molar-refractivity contribution in [3.63, 3.8) is 0 Å². The number of hydrogen-bond acceptors (Lipinski definition) is 4. The Morgan fingerprint density at radius 1 is 0.925 bits per heavy atom. The Bertz CT molecular complexity index is 1600. The number of hydrogen-bond donors (Lipinski definition) is 1. The average molecular weight is 551 g/mol. The summed E-state index contributed by atoms with van der Waals surface area (Å²) in [6.45, 7) is 5.90. The topological polar surface area (TPSA) is 83.7 Å². The fourth-order valence-electron chi connectivity index (χ4n) is 7.42. The van der Waals surface area contributed by atoms with Gasteiger partial charge in [0.2, 0.25) is 0 Å². The Labute approximate surface area is 235 Å². The van der Waals surface area contributed by atoms with E-state index in [4.69, 9.17) is 0 Å². The van der Waals surface area contributed by atoms with Crippen molar-refractivity contribution in [2.45, 2.75) is 51.1 Å². The van der Waals surface area contributed by atoms with Crippen molar-refractivity contribution in [2.24, 2.45) is 0 Å². The molecule has 0 amide bonds. The van der Waals surface area contributed by atoms with Gasteiger partial charge in [-0.2, -0.15) is 0 Å². The zero-order chi connectivity index (χ0) is 27.6. The van der Waals surface area contributed by atoms with E-state index in [2.05, 4.69) is 45.9 Å². The van der Waals surface area contributed by atoms with E-state index in [9.17, 15) is 19.8 Å². The van der Waals surface area contributed by atoms with Crippen molar-refractivity contribution in [1.82, 2.24) is 0 Å². The monoisotopic (exact) mass is 550 g/mol. The smallest absolute Gasteiger partial charge is 0.335 e. The normalized spacial score (nSPS) is 20.9. The number of carboxylic acids is 2. The highest BCUT2D eigenvalue weighted by atomic mass is 28.3. The average Bonchev–Trinajstić information content (AvgIpc) is 2.88. The Morgan fingerprint density at radius 3 is 2.33 bits per heavy atom. The molecule has 0 unspecified atom stereocenters. The van der Waals surface area contributed by atoms with Gasteiger partial charge in [0.15, 0.2) is 5.71 Å². The lowest BCUT2D eigenvalue weighted by Crippen LogP contribution is -2.56. The van der Waals surface area contributed by atoms with Crippen molar-refractivity contribution < 1.29 is 24.4 Å². The minimum absolute atomic E-state index is 0.0503. The van der Waals surface area contributed by atoms with Crippen LogP contribution in [0.15, 0.2) is 59.3 Å². The highest BCUT2D eigenvalue weighted by molar-refractivity contribution is 7.00. The van der Waals surface area contributed by atoms with E-state index in [0.29, 0.717) is 11.1 Å². The van der Waals surface area contributed by atoms with E-state index in [0.717, 1.165) is 42.9 Å². The second kappa shape index (κ2) is 9.44. The number of rotatable bonds is 4. The van der Waals surface area contributed by atoms with Gasteiger partial charge in [-0.25, -0.2) is 9.37 Å². The molecule has 5 aliphatic rings. The first-order valence-corrected chi connectivity index (χ1v) is 17.1. The largest absolute Gasteiger partial charge is 0.545 e. The van der Waals surface area contributed by atoms with Gasteiger partial charge in [-0.05, 0) is 94.0 Å². The Morgan fingerprint density at radius 2 is 1.70 bits per heavy atom. The van der Waals surface area contributed by atoms with Gasteiger partial charge in [0, 0.05) is 36.5 Å². The van der Waals surface area contributed by atoms with Crippen LogP contribution in [-0.2, 0) is 0 Å². The molecule has 0 saturated carbocycles. The van der Waals surface area contributed by atoms with Gasteiger partial charge in [-0.3, -0.25) is 0 Å². The van der Waals surface area contributed by atoms with Crippen LogP contribution in [0.2, 0.25) is 12.1 Å². The third-order valence-electron chi connectivity index (χ3n) is 9.81. The molecular weight excluding hydrogens is 516 g/mol. The SMILES string of the molecule is Cc1cc(C(=O)[O-])c(C2=C3C=CC(=[N+]4CCC4)C=C3[Si]3(CCCCC3)c3cc(N4CCC4)ccc32)cc1C(=O)O. The molecule has 7 heteroatoms. The first-order chi connectivity index (χ1) is 19.4. The predicted octanol–water partition coefficient (Wildman–Crippen LogP) is 3.81. The van der Waals surface area contributed by atoms with Crippen molar-refractivity contribution in [3.05, 3.63) is 87.1 Å². The molecule has 3 fully saturated rings. The summed E-state index contributed by atoms with van der Waals surface area (Å²) in [6, 6.07) is 12.2. The maximum Gasteiger partial charge on any atom is 0.335 e. The van der Waals surface area contributed by atoms with E-state index in [-0.39, 0.29) is 11.1 Å². The lowest BCUT2D eigenvalue weighted by Gasteiger charge is -2.45. The number of carbonyl (C=O) groups excluding carboxylic acids is 1. The van der Waals surface area contributed by atoms with Crippen LogP contribution in [-0.4, -0.2) is 61.6 Å². The molecule has 7 rings (SSSR count). The summed E-state index contributed by atoms with van der Waals surface area (Å²) in [7, 11) is -2.16. The molecule has 0 radical (unpaired) electrons. The fourth-order valence-corrected chi connectivity index (χ4v) is 13.0. The van der Waals surface area contributed by atoms with Crippen molar-refractivity contribution in [2.75, 3.05) is 31.1 Å². The summed E-state index contributed by atoms with van der Waals surface area (Å²) in [5.74, 6) is -2.34. The fraction of sp³-hybridized carbons (Fsp3) is 0.364. The van der Waals surface area contributed by atoms with Gasteiger partial charge in [0.05, 0.1) is 18.0 Å². The first-order valence-electron chi connectivity index (χ1n) is 14.6. The van der Waals surface area contributed by atoms with Crippen LogP contribution >= 0.6 is 0 Å². The number of benzene rings is 2. The molecule has 1 spiro atoms. The zero-order valence-corrected chi connectivity index (χ0v) is 24.0. The number of nitrogens with zero attached hydrogens (tertiary/aromatic N) is 2. The third-order valence-corrected chi connectivity index (χ3v) is 15.1. The van der Waals surface area contributed by atoms with Gasteiger partial charge < -0.3 is 19.9 Å². The van der Waals surface area contributed by atoms with Crippen LogP contribution < -0.4 is 15.2 Å². The van der Waals surface area contributed by atoms with Crippen LogP contribution in [0.5, 0.6) is 0 Å². The maximum atomic E-state index is 12.5. The molecule has 4 aliphatic heterocycles. The lowest BCUT2D eigenvalue weighted by molar-refractivity contribution is -0.582. The summed E-state index contributed by atoms with van der Waals surface area (Å²) in [5, 5.41) is 25.3. The van der Waals surface area contributed by atoms with Gasteiger partial charge >= 0.3 is 5.97 Å². The van der Waals surface area contributed by atoms with Gasteiger partial charge in [-0.1, -0.05) is 25.3 Å². The van der Waals surface area contributed by atoms with Crippen LogP contribution in [0.25, 0.3) is 5.57 Å². The van der Waals surface area contributed by atoms with E-state index in [1.807, 2.05) is 0 Å². The molecule has 0 atom stereocenters. The molecule has 2 aromatic carbocycles. The molecule has 6 nitrogen and oxygen atoms in total. The summed E-state index contributed by atoms with van der Waals surface area (Å²) < 4.78 is 2.43. The quantitative estimate of drug-likeness (QED) is 0.462. The molecule has 1 N–H and O–H groups in total. The molecule has 4 heterocycles. The second-order valence-electron chi connectivity index (χ2n) is 12.0. The minimum atomic E-state index is -2.16. The van der Waals surface area contributed by atoms with Crippen LogP contribution in [0.1, 0.15) is 69.5 Å². The Balaban J connectivity index is 1.56. The molecular formula is C33H34N2O4Si. The molecule has 1 aliphatic carbocycles. The molecule has 2 aromatic rings. The van der Waals surface area contributed by atoms with E-state index < -0.39 is 20.0 Å². The number of carboxylic acid groups (broad SMARTS) is 2. The van der Waals surface area contributed by atoms with Gasteiger partial charge in [-0.15, -0.1) is 0 Å². The number of aryl methyl sites for hydroxylation is 1. The third kappa shape index (κ3) is 3.78. The van der Waals surface area contributed by atoms with Gasteiger partial charge in [0.25, 0.3) is 0 Å². The van der Waals surface area contributed by atoms with Crippen molar-refractivity contribution >= 4 is 42.2 Å². The summed E-state index contributed by atoms with van der Waals surface area (Å²) >= 11 is 0. The lowest BCUT2D eigenvalue weighted by atomic mass is 9.85. The summed E-state index contributed by atoms with van der Waals surface area (Å²) in [5.41, 5.74) is 6.52. The van der Waals surface area contributed by atoms with E-state index >= 15 is 0 Å². The number of carbonyl (C=O) groups is 2. The summed E-state index contributed by atoms with van der Waals surface area (Å²) in [6.07, 6.45) is 12.9. The number of fused-ring (bicyclic) bond motifs is 4. The van der Waals surface area contributed by atoms with Crippen molar-refractivity contribution in [3.8, 4) is 0 Å². The Kier molecular flexibility index (Phi) is 5.96. The zero-order valence-electron chi connectivity index (χ0n) is 23.0. The van der Waals surface area contributed by atoms with Crippen LogP contribution in [0.4, 0.5) is 5.69 Å². The number of anilines is 1. The highest BCUT2D eigenvalue weighted by Gasteiger charge is 2.48. The van der Waals surface area contributed by atoms with E-state index in [1.54, 1.807) is 13.0 Å². The summed E-state index contributed by atoms with van der Waals surface area (Å²) in [4.78, 5) is 27.2. The van der Waals surface area contributed by atoms with E-state index in [1.165, 1.54) is 72.0 Å². The first kappa shape index (κ1) is 25.3.